The maximum atomic E-state index is 11.5. The zero-order chi connectivity index (χ0) is 10.1. The zero-order valence-corrected chi connectivity index (χ0v) is 8.54. The zero-order valence-electron chi connectivity index (χ0n) is 7.73. The summed E-state index contributed by atoms with van der Waals surface area (Å²) in [5.74, 6) is 2.66. The highest BCUT2D eigenvalue weighted by molar-refractivity contribution is 7.15. The number of carbonyl (C=O) groups is 1. The van der Waals surface area contributed by atoms with E-state index in [9.17, 15) is 4.79 Å². The molecule has 1 saturated heterocycles. The Balaban J connectivity index is 2.21. The molecule has 1 aliphatic heterocycles. The van der Waals surface area contributed by atoms with Gasteiger partial charge in [0.2, 0.25) is 11.0 Å². The van der Waals surface area contributed by atoms with E-state index in [-0.39, 0.29) is 11.8 Å². The van der Waals surface area contributed by atoms with Gasteiger partial charge in [-0.25, -0.2) is 0 Å². The number of nitrogens with zero attached hydrogens (tertiary/aromatic N) is 3. The molecule has 72 valence electrons. The molecule has 0 N–H and O–H groups in total. The lowest BCUT2D eigenvalue weighted by Crippen LogP contribution is -2.24. The van der Waals surface area contributed by atoms with Crippen molar-refractivity contribution < 1.29 is 4.79 Å². The number of aromatic nitrogens is 2. The first-order valence-corrected chi connectivity index (χ1v) is 5.09. The van der Waals surface area contributed by atoms with E-state index >= 15 is 0 Å². The van der Waals surface area contributed by atoms with Crippen LogP contribution in [0.4, 0.5) is 5.13 Å². The Kier molecular flexibility index (Phi) is 2.22. The fraction of sp³-hybridized carbons (Fsp3) is 0.444. The fourth-order valence-electron chi connectivity index (χ4n) is 1.40. The van der Waals surface area contributed by atoms with Crippen LogP contribution in [0.1, 0.15) is 11.4 Å². The monoisotopic (exact) mass is 207 g/mol. The number of anilines is 1. The van der Waals surface area contributed by atoms with E-state index in [0.29, 0.717) is 18.1 Å². The molecular formula is C9H9N3OS. The molecule has 0 aliphatic carbocycles. The van der Waals surface area contributed by atoms with Gasteiger partial charge in [0.05, 0.1) is 0 Å². The first-order valence-electron chi connectivity index (χ1n) is 4.27. The molecule has 1 fully saturated rings. The van der Waals surface area contributed by atoms with Crippen molar-refractivity contribution >= 4 is 22.4 Å². The van der Waals surface area contributed by atoms with Crippen LogP contribution >= 0.6 is 11.3 Å². The molecule has 2 heterocycles. The Hall–Kier alpha value is -1.41. The minimum Gasteiger partial charge on any atom is -0.285 e. The van der Waals surface area contributed by atoms with Crippen LogP contribution in [0.15, 0.2) is 0 Å². The molecule has 4 nitrogen and oxygen atoms in total. The molecule has 2 rings (SSSR count). The lowest BCUT2D eigenvalue weighted by Gasteiger charge is -2.09. The summed E-state index contributed by atoms with van der Waals surface area (Å²) in [7, 11) is 0. The highest BCUT2D eigenvalue weighted by Gasteiger charge is 2.31. The largest absolute Gasteiger partial charge is 0.285 e. The van der Waals surface area contributed by atoms with Gasteiger partial charge in [-0.05, 0) is 6.92 Å². The van der Waals surface area contributed by atoms with Crippen molar-refractivity contribution in [1.29, 1.82) is 0 Å². The van der Waals surface area contributed by atoms with Crippen LogP contribution in [-0.4, -0.2) is 22.6 Å². The Bertz CT molecular complexity index is 406. The topological polar surface area (TPSA) is 46.1 Å². The maximum absolute atomic E-state index is 11.5. The molecule has 1 atom stereocenters. The number of terminal acetylenes is 1. The summed E-state index contributed by atoms with van der Waals surface area (Å²) in [6.45, 7) is 2.43. The average Bonchev–Trinajstić information content (AvgIpc) is 2.71. The predicted molar refractivity (Wildman–Crippen MR) is 53.9 cm³/mol. The summed E-state index contributed by atoms with van der Waals surface area (Å²) in [5.41, 5.74) is 0. The minimum absolute atomic E-state index is 0.0201. The van der Waals surface area contributed by atoms with Crippen molar-refractivity contribution in [3.05, 3.63) is 5.01 Å². The SMILES string of the molecule is C#CC1CC(=O)N(c2nnc(C)s2)C1. The number of carbonyl (C=O) groups excluding carboxylic acids is 1. The molecule has 1 aromatic rings. The standard InChI is InChI=1S/C9H9N3OS/c1-3-7-4-8(13)12(5-7)9-11-10-6(2)14-9/h1,7H,4-5H2,2H3. The normalized spacial score (nSPS) is 21.3. The van der Waals surface area contributed by atoms with Gasteiger partial charge in [-0.1, -0.05) is 11.3 Å². The van der Waals surface area contributed by atoms with E-state index in [0.717, 1.165) is 5.01 Å². The molecule has 1 amide bonds. The van der Waals surface area contributed by atoms with Crippen LogP contribution in [0.5, 0.6) is 0 Å². The smallest absolute Gasteiger partial charge is 0.230 e. The maximum Gasteiger partial charge on any atom is 0.230 e. The molecule has 0 saturated carbocycles. The Morgan fingerprint density at radius 2 is 2.43 bits per heavy atom. The van der Waals surface area contributed by atoms with Gasteiger partial charge < -0.3 is 0 Å². The molecule has 0 spiro atoms. The van der Waals surface area contributed by atoms with Crippen molar-refractivity contribution in [2.24, 2.45) is 5.92 Å². The Labute approximate surface area is 85.9 Å². The van der Waals surface area contributed by atoms with Crippen LogP contribution < -0.4 is 4.90 Å². The van der Waals surface area contributed by atoms with Gasteiger partial charge in [0.1, 0.15) is 5.01 Å². The second kappa shape index (κ2) is 3.39. The number of hydrogen-bond donors (Lipinski definition) is 0. The van der Waals surface area contributed by atoms with Crippen molar-refractivity contribution in [3.8, 4) is 12.3 Å². The molecule has 14 heavy (non-hydrogen) atoms. The molecular weight excluding hydrogens is 198 g/mol. The summed E-state index contributed by atoms with van der Waals surface area (Å²) in [6, 6.07) is 0. The van der Waals surface area contributed by atoms with Crippen molar-refractivity contribution in [1.82, 2.24) is 10.2 Å². The van der Waals surface area contributed by atoms with Gasteiger partial charge in [0.15, 0.2) is 0 Å². The third-order valence-electron chi connectivity index (χ3n) is 2.11. The summed E-state index contributed by atoms with van der Waals surface area (Å²) in [6.07, 6.45) is 5.71. The molecule has 0 aromatic carbocycles. The number of hydrogen-bond acceptors (Lipinski definition) is 4. The summed E-state index contributed by atoms with van der Waals surface area (Å²) < 4.78 is 0. The van der Waals surface area contributed by atoms with Crippen molar-refractivity contribution in [2.45, 2.75) is 13.3 Å². The van der Waals surface area contributed by atoms with Gasteiger partial charge in [-0.15, -0.1) is 22.5 Å². The summed E-state index contributed by atoms with van der Waals surface area (Å²) in [4.78, 5) is 13.1. The quantitative estimate of drug-likeness (QED) is 0.641. The molecule has 0 bridgehead atoms. The third kappa shape index (κ3) is 1.49. The second-order valence-corrected chi connectivity index (χ2v) is 4.34. The summed E-state index contributed by atoms with van der Waals surface area (Å²) in [5, 5.41) is 9.31. The molecule has 1 aliphatic rings. The number of amides is 1. The number of aryl methyl sites for hydroxylation is 1. The first kappa shape index (κ1) is 9.16. The molecule has 1 unspecified atom stereocenters. The minimum atomic E-state index is 0.0201. The van der Waals surface area contributed by atoms with Crippen LogP contribution in [0.3, 0.4) is 0 Å². The molecule has 5 heteroatoms. The molecule has 1 aromatic heterocycles. The van der Waals surface area contributed by atoms with E-state index in [1.807, 2.05) is 6.92 Å². The van der Waals surface area contributed by atoms with Crippen LogP contribution in [0, 0.1) is 25.2 Å². The first-order chi connectivity index (χ1) is 6.70. The predicted octanol–water partition coefficient (Wildman–Crippen LogP) is 0.833. The lowest BCUT2D eigenvalue weighted by molar-refractivity contribution is -0.117. The van der Waals surface area contributed by atoms with E-state index in [1.54, 1.807) is 4.90 Å². The Morgan fingerprint density at radius 3 is 2.93 bits per heavy atom. The van der Waals surface area contributed by atoms with Crippen LogP contribution in [0.25, 0.3) is 0 Å². The van der Waals surface area contributed by atoms with Crippen molar-refractivity contribution in [3.63, 3.8) is 0 Å². The van der Waals surface area contributed by atoms with Crippen LogP contribution in [0.2, 0.25) is 0 Å². The number of rotatable bonds is 1. The van der Waals surface area contributed by atoms with Gasteiger partial charge in [-0.2, -0.15) is 0 Å². The van der Waals surface area contributed by atoms with E-state index in [1.165, 1.54) is 11.3 Å². The Morgan fingerprint density at radius 1 is 1.64 bits per heavy atom. The van der Waals surface area contributed by atoms with Gasteiger partial charge in [0.25, 0.3) is 0 Å². The van der Waals surface area contributed by atoms with E-state index in [4.69, 9.17) is 6.42 Å². The van der Waals surface area contributed by atoms with Gasteiger partial charge >= 0.3 is 0 Å². The van der Waals surface area contributed by atoms with Gasteiger partial charge in [0, 0.05) is 18.9 Å². The lowest BCUT2D eigenvalue weighted by atomic mass is 10.1. The van der Waals surface area contributed by atoms with Gasteiger partial charge in [-0.3, -0.25) is 9.69 Å². The summed E-state index contributed by atoms with van der Waals surface area (Å²) >= 11 is 1.42. The average molecular weight is 207 g/mol. The highest BCUT2D eigenvalue weighted by atomic mass is 32.1. The third-order valence-corrected chi connectivity index (χ3v) is 2.97. The van der Waals surface area contributed by atoms with Crippen molar-refractivity contribution in [2.75, 3.05) is 11.4 Å². The molecule has 0 radical (unpaired) electrons. The fourth-order valence-corrected chi connectivity index (χ4v) is 2.11. The van der Waals surface area contributed by atoms with Crippen LogP contribution in [-0.2, 0) is 4.79 Å². The van der Waals surface area contributed by atoms with E-state index in [2.05, 4.69) is 16.1 Å². The highest BCUT2D eigenvalue weighted by Crippen LogP contribution is 2.26. The second-order valence-electron chi connectivity index (χ2n) is 3.18. The van der Waals surface area contributed by atoms with E-state index < -0.39 is 0 Å².